The first kappa shape index (κ1) is 17.3. The molecule has 0 saturated carbocycles. The van der Waals surface area contributed by atoms with Gasteiger partial charge in [-0.1, -0.05) is 45.4 Å². The van der Waals surface area contributed by atoms with Gasteiger partial charge in [0.2, 0.25) is 0 Å². The van der Waals surface area contributed by atoms with E-state index in [4.69, 9.17) is 4.74 Å². The summed E-state index contributed by atoms with van der Waals surface area (Å²) in [5.74, 6) is 0.689. The van der Waals surface area contributed by atoms with Crippen LogP contribution in [-0.4, -0.2) is 29.7 Å². The fourth-order valence-corrected chi connectivity index (χ4v) is 2.77. The van der Waals surface area contributed by atoms with Crippen LogP contribution in [0.1, 0.15) is 79.1 Å². The van der Waals surface area contributed by atoms with Crippen molar-refractivity contribution >= 4 is 6.09 Å². The summed E-state index contributed by atoms with van der Waals surface area (Å²) in [6.07, 6.45) is 10.4. The smallest absolute Gasteiger partial charge is 0.410 e. The normalized spacial score (nSPS) is 19.4. The van der Waals surface area contributed by atoms with Gasteiger partial charge in [0.15, 0.2) is 0 Å². The molecular weight excluding hydrogens is 250 g/mol. The molecule has 118 valence electrons. The maximum atomic E-state index is 12.0. The molecule has 0 aromatic rings. The highest BCUT2D eigenvalue weighted by Crippen LogP contribution is 2.24. The minimum absolute atomic E-state index is 0.136. The van der Waals surface area contributed by atoms with Crippen LogP contribution < -0.4 is 0 Å². The standard InChI is InChI=1S/C17H33NO2/c1-5-6-7-8-9-10-11-15-12-13-18(14-15)16(19)20-17(2,3)4/h15H,5-14H2,1-4H3/t15-/m0/s1. The Labute approximate surface area is 125 Å². The minimum atomic E-state index is -0.381. The molecule has 1 saturated heterocycles. The number of rotatable bonds is 7. The first-order valence-corrected chi connectivity index (χ1v) is 8.40. The van der Waals surface area contributed by atoms with E-state index in [9.17, 15) is 4.79 Å². The number of hydrogen-bond acceptors (Lipinski definition) is 2. The van der Waals surface area contributed by atoms with Gasteiger partial charge in [-0.3, -0.25) is 0 Å². The molecule has 1 heterocycles. The van der Waals surface area contributed by atoms with E-state index < -0.39 is 0 Å². The molecule has 1 atom stereocenters. The zero-order valence-corrected chi connectivity index (χ0v) is 13.9. The molecule has 0 radical (unpaired) electrons. The predicted molar refractivity (Wildman–Crippen MR) is 83.9 cm³/mol. The van der Waals surface area contributed by atoms with Crippen molar-refractivity contribution in [2.75, 3.05) is 13.1 Å². The van der Waals surface area contributed by atoms with Crippen LogP contribution >= 0.6 is 0 Å². The van der Waals surface area contributed by atoms with E-state index in [2.05, 4.69) is 6.92 Å². The third kappa shape index (κ3) is 7.16. The fraction of sp³-hybridized carbons (Fsp3) is 0.941. The quantitative estimate of drug-likeness (QED) is 0.616. The zero-order chi connectivity index (χ0) is 15.0. The lowest BCUT2D eigenvalue weighted by Gasteiger charge is -2.24. The molecule has 1 rings (SSSR count). The van der Waals surface area contributed by atoms with E-state index in [0.29, 0.717) is 5.92 Å². The highest BCUT2D eigenvalue weighted by Gasteiger charge is 2.29. The highest BCUT2D eigenvalue weighted by atomic mass is 16.6. The van der Waals surface area contributed by atoms with Crippen molar-refractivity contribution in [3.63, 3.8) is 0 Å². The van der Waals surface area contributed by atoms with E-state index in [1.807, 2.05) is 25.7 Å². The summed E-state index contributed by atoms with van der Waals surface area (Å²) in [6, 6.07) is 0. The Balaban J connectivity index is 2.12. The van der Waals surface area contributed by atoms with Gasteiger partial charge in [-0.2, -0.15) is 0 Å². The van der Waals surface area contributed by atoms with Gasteiger partial charge in [0.25, 0.3) is 0 Å². The molecule has 20 heavy (non-hydrogen) atoms. The molecule has 3 nitrogen and oxygen atoms in total. The number of hydrogen-bond donors (Lipinski definition) is 0. The lowest BCUT2D eigenvalue weighted by molar-refractivity contribution is 0.0287. The number of nitrogens with zero attached hydrogens (tertiary/aromatic N) is 1. The number of carbonyl (C=O) groups excluding carboxylic acids is 1. The first-order chi connectivity index (χ1) is 9.42. The Morgan fingerprint density at radius 2 is 1.80 bits per heavy atom. The van der Waals surface area contributed by atoms with Crippen molar-refractivity contribution in [2.24, 2.45) is 5.92 Å². The first-order valence-electron chi connectivity index (χ1n) is 8.40. The summed E-state index contributed by atoms with van der Waals surface area (Å²) in [7, 11) is 0. The Hall–Kier alpha value is -0.730. The monoisotopic (exact) mass is 283 g/mol. The summed E-state index contributed by atoms with van der Waals surface area (Å²) in [5.41, 5.74) is -0.381. The van der Waals surface area contributed by atoms with Crippen LogP contribution in [0.25, 0.3) is 0 Å². The molecule has 1 aliphatic rings. The van der Waals surface area contributed by atoms with Gasteiger partial charge in [-0.25, -0.2) is 4.79 Å². The summed E-state index contributed by atoms with van der Waals surface area (Å²) in [5, 5.41) is 0. The Kier molecular flexibility index (Phi) is 7.39. The van der Waals surface area contributed by atoms with Crippen molar-refractivity contribution < 1.29 is 9.53 Å². The lowest BCUT2D eigenvalue weighted by atomic mass is 10.00. The van der Waals surface area contributed by atoms with Gasteiger partial charge in [0.05, 0.1) is 0 Å². The van der Waals surface area contributed by atoms with Crippen LogP contribution in [0.5, 0.6) is 0 Å². The summed E-state index contributed by atoms with van der Waals surface area (Å²) < 4.78 is 5.43. The number of carbonyl (C=O) groups is 1. The average molecular weight is 283 g/mol. The molecule has 3 heteroatoms. The molecule has 0 unspecified atom stereocenters. The average Bonchev–Trinajstić information content (AvgIpc) is 2.80. The van der Waals surface area contributed by atoms with Crippen molar-refractivity contribution in [3.05, 3.63) is 0 Å². The molecule has 0 N–H and O–H groups in total. The van der Waals surface area contributed by atoms with E-state index in [0.717, 1.165) is 19.5 Å². The van der Waals surface area contributed by atoms with Crippen molar-refractivity contribution in [1.82, 2.24) is 4.90 Å². The predicted octanol–water partition coefficient (Wildman–Crippen LogP) is 4.99. The molecule has 0 bridgehead atoms. The van der Waals surface area contributed by atoms with Gasteiger partial charge < -0.3 is 9.64 Å². The summed E-state index contributed by atoms with van der Waals surface area (Å²) in [6.45, 7) is 9.79. The van der Waals surface area contributed by atoms with E-state index in [1.54, 1.807) is 0 Å². The molecule has 1 fully saturated rings. The molecule has 1 amide bonds. The van der Waals surface area contributed by atoms with Crippen molar-refractivity contribution in [1.29, 1.82) is 0 Å². The molecule has 0 aromatic heterocycles. The van der Waals surface area contributed by atoms with E-state index in [-0.39, 0.29) is 11.7 Å². The molecule has 0 spiro atoms. The van der Waals surface area contributed by atoms with Crippen LogP contribution in [0, 0.1) is 5.92 Å². The third-order valence-corrected chi connectivity index (χ3v) is 3.90. The van der Waals surface area contributed by atoms with Crippen LogP contribution in [0.2, 0.25) is 0 Å². The molecule has 1 aliphatic heterocycles. The third-order valence-electron chi connectivity index (χ3n) is 3.90. The number of unbranched alkanes of at least 4 members (excludes halogenated alkanes) is 5. The number of likely N-dealkylation sites (tertiary alicyclic amines) is 1. The lowest BCUT2D eigenvalue weighted by Crippen LogP contribution is -2.35. The van der Waals surface area contributed by atoms with E-state index in [1.165, 1.54) is 44.9 Å². The van der Waals surface area contributed by atoms with Gasteiger partial charge in [-0.15, -0.1) is 0 Å². The van der Waals surface area contributed by atoms with Crippen LogP contribution in [0.3, 0.4) is 0 Å². The van der Waals surface area contributed by atoms with Crippen LogP contribution in [-0.2, 0) is 4.74 Å². The SMILES string of the molecule is CCCCCCCC[C@H]1CCN(C(=O)OC(C)(C)C)C1. The fourth-order valence-electron chi connectivity index (χ4n) is 2.77. The van der Waals surface area contributed by atoms with Gasteiger partial charge in [0, 0.05) is 13.1 Å². The van der Waals surface area contributed by atoms with Crippen molar-refractivity contribution in [2.45, 2.75) is 84.7 Å². The number of amides is 1. The van der Waals surface area contributed by atoms with Crippen molar-refractivity contribution in [3.8, 4) is 0 Å². The highest BCUT2D eigenvalue weighted by molar-refractivity contribution is 5.68. The zero-order valence-electron chi connectivity index (χ0n) is 13.9. The second kappa shape index (κ2) is 8.53. The second-order valence-electron chi connectivity index (χ2n) is 7.14. The Bertz CT molecular complexity index is 283. The molecular formula is C17H33NO2. The van der Waals surface area contributed by atoms with Crippen LogP contribution in [0.15, 0.2) is 0 Å². The maximum Gasteiger partial charge on any atom is 0.410 e. The topological polar surface area (TPSA) is 29.5 Å². The van der Waals surface area contributed by atoms with Gasteiger partial charge in [-0.05, 0) is 39.5 Å². The Morgan fingerprint density at radius 1 is 1.15 bits per heavy atom. The van der Waals surface area contributed by atoms with Gasteiger partial charge >= 0.3 is 6.09 Å². The largest absolute Gasteiger partial charge is 0.444 e. The van der Waals surface area contributed by atoms with Gasteiger partial charge in [0.1, 0.15) is 5.60 Å². The van der Waals surface area contributed by atoms with E-state index >= 15 is 0 Å². The summed E-state index contributed by atoms with van der Waals surface area (Å²) >= 11 is 0. The maximum absolute atomic E-state index is 12.0. The van der Waals surface area contributed by atoms with Crippen LogP contribution in [0.4, 0.5) is 4.79 Å². The minimum Gasteiger partial charge on any atom is -0.444 e. The molecule has 0 aromatic carbocycles. The molecule has 0 aliphatic carbocycles. The number of ether oxygens (including phenoxy) is 1. The summed E-state index contributed by atoms with van der Waals surface area (Å²) in [4.78, 5) is 13.8. The Morgan fingerprint density at radius 3 is 2.45 bits per heavy atom. The second-order valence-corrected chi connectivity index (χ2v) is 7.14.